The van der Waals surface area contributed by atoms with Gasteiger partial charge in [0.1, 0.15) is 6.04 Å². The lowest BCUT2D eigenvalue weighted by Gasteiger charge is -2.50. The average molecular weight is 536 g/mol. The highest BCUT2D eigenvalue weighted by molar-refractivity contribution is 6.30. The molecule has 0 saturated carbocycles. The molecule has 2 aliphatic rings. The summed E-state index contributed by atoms with van der Waals surface area (Å²) in [6.07, 6.45) is -9.88. The van der Waals surface area contributed by atoms with Crippen LogP contribution in [-0.4, -0.2) is 53.8 Å². The zero-order valence-electron chi connectivity index (χ0n) is 19.2. The van der Waals surface area contributed by atoms with Gasteiger partial charge >= 0.3 is 18.3 Å². The topological polar surface area (TPSA) is 49.3 Å². The number of hydrogen-bond donors (Lipinski definition) is 2. The van der Waals surface area contributed by atoms with E-state index >= 15 is 0 Å². The minimum atomic E-state index is -5.06. The van der Waals surface area contributed by atoms with Gasteiger partial charge in [-0.1, -0.05) is 23.7 Å². The molecule has 1 unspecified atom stereocenters. The number of aliphatic hydroxyl groups is 1. The molecule has 2 aromatic carbocycles. The van der Waals surface area contributed by atoms with Crippen molar-refractivity contribution in [3.05, 3.63) is 69.7 Å². The molecule has 4 nitrogen and oxygen atoms in total. The quantitative estimate of drug-likeness (QED) is 0.395. The molecule has 2 N–H and O–H groups in total. The summed E-state index contributed by atoms with van der Waals surface area (Å²) in [6.45, 7) is 1.26. The molecule has 0 spiro atoms. The summed E-state index contributed by atoms with van der Waals surface area (Å²) in [4.78, 5) is 14.0. The normalized spacial score (nSPS) is 27.6. The standard InChI is InChI=1S/C25H26ClF6N2O2/c26-19-3-1-15(2-4-19)21-14-33-8-5-22(21)34(9-6-20(35)7-10-34)23(36)16-11-17(24(27,28)29)13-18(12-16)25(30,31)32/h1-4,11-13,20-22,33,35H,5-10,14H2/q+1/t20?,21?,22-,34?/m1/s1. The Hall–Kier alpha value is -2.14. The van der Waals surface area contributed by atoms with Gasteiger partial charge in [-0.05, 0) is 35.9 Å². The van der Waals surface area contributed by atoms with Crippen molar-refractivity contribution >= 4 is 17.5 Å². The number of halogens is 7. The first-order valence-corrected chi connectivity index (χ1v) is 12.0. The first-order chi connectivity index (χ1) is 16.8. The lowest BCUT2D eigenvalue weighted by Crippen LogP contribution is -2.67. The maximum absolute atomic E-state index is 14.0. The minimum Gasteiger partial charge on any atom is -0.393 e. The number of alkyl halides is 6. The zero-order valence-corrected chi connectivity index (χ0v) is 19.9. The number of rotatable bonds is 3. The summed E-state index contributed by atoms with van der Waals surface area (Å²) in [5.41, 5.74) is -2.79. The Balaban J connectivity index is 1.83. The summed E-state index contributed by atoms with van der Waals surface area (Å²) in [6, 6.07) is 7.70. The fourth-order valence-corrected chi connectivity index (χ4v) is 5.65. The fourth-order valence-electron chi connectivity index (χ4n) is 5.52. The Morgan fingerprint density at radius 3 is 2.00 bits per heavy atom. The molecule has 2 fully saturated rings. The Morgan fingerprint density at radius 1 is 0.917 bits per heavy atom. The third-order valence-corrected chi connectivity index (χ3v) is 7.59. The molecule has 36 heavy (non-hydrogen) atoms. The maximum Gasteiger partial charge on any atom is 0.416 e. The SMILES string of the molecule is O=C(c1cc(C(F)(F)F)cc(C(F)(F)F)c1)[N+]1([C@@H]2CCNCC2c2ccc(Cl)cc2)CCC(O)CC1. The van der Waals surface area contributed by atoms with Crippen LogP contribution < -0.4 is 5.32 Å². The highest BCUT2D eigenvalue weighted by Gasteiger charge is 2.52. The molecule has 2 aromatic rings. The van der Waals surface area contributed by atoms with E-state index in [4.69, 9.17) is 11.6 Å². The fraction of sp³-hybridized carbons (Fsp3) is 0.480. The number of nitrogens with zero attached hydrogens (tertiary/aromatic N) is 1. The average Bonchev–Trinajstić information content (AvgIpc) is 2.83. The second-order valence-electron chi connectivity index (χ2n) is 9.53. The lowest BCUT2D eigenvalue weighted by molar-refractivity contribution is -0.883. The van der Waals surface area contributed by atoms with E-state index in [-0.39, 0.29) is 42.4 Å². The van der Waals surface area contributed by atoms with Gasteiger partial charge in [0, 0.05) is 43.3 Å². The van der Waals surface area contributed by atoms with Crippen LogP contribution in [0.1, 0.15) is 52.2 Å². The highest BCUT2D eigenvalue weighted by Crippen LogP contribution is 2.41. The second kappa shape index (κ2) is 9.96. The monoisotopic (exact) mass is 535 g/mol. The van der Waals surface area contributed by atoms with E-state index in [0.29, 0.717) is 36.7 Å². The Kier molecular flexibility index (Phi) is 7.45. The number of benzene rings is 2. The molecule has 11 heteroatoms. The molecule has 1 amide bonds. The van der Waals surface area contributed by atoms with E-state index in [1.165, 1.54) is 0 Å². The van der Waals surface area contributed by atoms with Crippen LogP contribution in [-0.2, 0) is 12.4 Å². The van der Waals surface area contributed by atoms with E-state index in [1.807, 2.05) is 12.1 Å². The zero-order chi connectivity index (χ0) is 26.3. The second-order valence-corrected chi connectivity index (χ2v) is 9.97. The molecule has 0 aliphatic carbocycles. The van der Waals surface area contributed by atoms with Gasteiger partial charge in [-0.15, -0.1) is 0 Å². The van der Waals surface area contributed by atoms with Crippen molar-refractivity contribution in [3.8, 4) is 0 Å². The van der Waals surface area contributed by atoms with Gasteiger partial charge in [0.05, 0.1) is 35.9 Å². The Bertz CT molecular complexity index is 1060. The van der Waals surface area contributed by atoms with Crippen molar-refractivity contribution in [2.24, 2.45) is 0 Å². The van der Waals surface area contributed by atoms with Crippen LogP contribution in [0, 0.1) is 0 Å². The molecule has 0 radical (unpaired) electrons. The van der Waals surface area contributed by atoms with Gasteiger partial charge in [0.2, 0.25) is 0 Å². The van der Waals surface area contributed by atoms with Crippen LogP contribution in [0.4, 0.5) is 26.3 Å². The van der Waals surface area contributed by atoms with E-state index in [0.717, 1.165) is 5.56 Å². The molecule has 196 valence electrons. The smallest absolute Gasteiger partial charge is 0.393 e. The van der Waals surface area contributed by atoms with Crippen molar-refractivity contribution in [1.82, 2.24) is 5.32 Å². The van der Waals surface area contributed by atoms with Crippen LogP contribution in [0.2, 0.25) is 5.02 Å². The van der Waals surface area contributed by atoms with Crippen LogP contribution in [0.3, 0.4) is 0 Å². The van der Waals surface area contributed by atoms with E-state index in [1.54, 1.807) is 12.1 Å². The number of carbonyl (C=O) groups is 1. The van der Waals surface area contributed by atoms with Gasteiger partial charge in [-0.2, -0.15) is 26.3 Å². The van der Waals surface area contributed by atoms with E-state index in [2.05, 4.69) is 5.32 Å². The summed E-state index contributed by atoms with van der Waals surface area (Å²) in [5, 5.41) is 14.0. The molecule has 2 aliphatic heterocycles. The number of carbonyl (C=O) groups excluding carboxylic acids is 1. The number of amides is 1. The van der Waals surface area contributed by atoms with E-state index < -0.39 is 47.1 Å². The molecule has 0 bridgehead atoms. The number of quaternary nitrogens is 1. The van der Waals surface area contributed by atoms with Crippen LogP contribution in [0.15, 0.2) is 42.5 Å². The largest absolute Gasteiger partial charge is 0.416 e. The molecular weight excluding hydrogens is 510 g/mol. The summed E-state index contributed by atoms with van der Waals surface area (Å²) in [5.74, 6) is -1.02. The predicted molar refractivity (Wildman–Crippen MR) is 121 cm³/mol. The Morgan fingerprint density at radius 2 is 1.47 bits per heavy atom. The predicted octanol–water partition coefficient (Wildman–Crippen LogP) is 5.64. The van der Waals surface area contributed by atoms with Gasteiger partial charge in [-0.25, -0.2) is 4.79 Å². The highest BCUT2D eigenvalue weighted by atomic mass is 35.5. The van der Waals surface area contributed by atoms with Crippen LogP contribution >= 0.6 is 11.6 Å². The molecule has 2 saturated heterocycles. The Labute approximate surface area is 209 Å². The van der Waals surface area contributed by atoms with Crippen molar-refractivity contribution in [2.75, 3.05) is 26.2 Å². The van der Waals surface area contributed by atoms with Crippen molar-refractivity contribution in [2.45, 2.75) is 49.7 Å². The van der Waals surface area contributed by atoms with Crippen molar-refractivity contribution in [3.63, 3.8) is 0 Å². The number of likely N-dealkylation sites (tertiary alicyclic amines) is 1. The lowest BCUT2D eigenvalue weighted by atomic mass is 9.82. The first-order valence-electron chi connectivity index (χ1n) is 11.7. The van der Waals surface area contributed by atoms with Crippen LogP contribution in [0.25, 0.3) is 0 Å². The number of piperidine rings is 2. The molecule has 4 rings (SSSR count). The number of nitrogens with one attached hydrogen (secondary N) is 1. The van der Waals surface area contributed by atoms with Gasteiger partial charge < -0.3 is 10.4 Å². The molecule has 2 atom stereocenters. The molecule has 2 heterocycles. The molecule has 0 aromatic heterocycles. The van der Waals surface area contributed by atoms with Gasteiger partial charge in [0.15, 0.2) is 0 Å². The van der Waals surface area contributed by atoms with E-state index in [9.17, 15) is 36.2 Å². The minimum absolute atomic E-state index is 0.0299. The summed E-state index contributed by atoms with van der Waals surface area (Å²) >= 11 is 6.03. The third-order valence-electron chi connectivity index (χ3n) is 7.34. The maximum atomic E-state index is 14.0. The van der Waals surface area contributed by atoms with Gasteiger partial charge in [-0.3, -0.25) is 4.48 Å². The van der Waals surface area contributed by atoms with Crippen molar-refractivity contribution in [1.29, 1.82) is 0 Å². The number of hydrogen-bond acceptors (Lipinski definition) is 3. The summed E-state index contributed by atoms with van der Waals surface area (Å²) in [7, 11) is 0. The summed E-state index contributed by atoms with van der Waals surface area (Å²) < 4.78 is 80.8. The first kappa shape index (κ1) is 26.9. The van der Waals surface area contributed by atoms with Gasteiger partial charge in [0.25, 0.3) is 0 Å². The van der Waals surface area contributed by atoms with Crippen molar-refractivity contribution < 1.29 is 40.7 Å². The van der Waals surface area contributed by atoms with Crippen LogP contribution in [0.5, 0.6) is 0 Å². The molecular formula is C25H26ClF6N2O2+. The third kappa shape index (κ3) is 5.41. The number of aliphatic hydroxyl groups excluding tert-OH is 1.